The third-order valence-electron chi connectivity index (χ3n) is 3.69. The molecule has 0 spiro atoms. The van der Waals surface area contributed by atoms with Gasteiger partial charge in [0.1, 0.15) is 0 Å². The summed E-state index contributed by atoms with van der Waals surface area (Å²) in [6.07, 6.45) is 8.65. The van der Waals surface area contributed by atoms with Crippen molar-refractivity contribution in [3.63, 3.8) is 0 Å². The SMILES string of the molecule is CCC(CC)C1CCCCCC1O. The van der Waals surface area contributed by atoms with Gasteiger partial charge >= 0.3 is 0 Å². The van der Waals surface area contributed by atoms with Gasteiger partial charge < -0.3 is 5.11 Å². The number of aliphatic hydroxyl groups is 1. The van der Waals surface area contributed by atoms with E-state index in [-0.39, 0.29) is 6.10 Å². The van der Waals surface area contributed by atoms with Crippen LogP contribution in [0.3, 0.4) is 0 Å². The lowest BCUT2D eigenvalue weighted by atomic mass is 9.81. The van der Waals surface area contributed by atoms with Crippen molar-refractivity contribution in [2.24, 2.45) is 11.8 Å². The van der Waals surface area contributed by atoms with E-state index in [1.165, 1.54) is 38.5 Å². The van der Waals surface area contributed by atoms with E-state index in [4.69, 9.17) is 0 Å². The molecule has 0 bridgehead atoms. The molecular weight excluding hydrogens is 160 g/mol. The number of hydrogen-bond acceptors (Lipinski definition) is 1. The fraction of sp³-hybridized carbons (Fsp3) is 1.00. The van der Waals surface area contributed by atoms with Crippen LogP contribution >= 0.6 is 0 Å². The first kappa shape index (κ1) is 11.0. The Morgan fingerprint density at radius 2 is 1.69 bits per heavy atom. The third-order valence-corrected chi connectivity index (χ3v) is 3.69. The average molecular weight is 184 g/mol. The van der Waals surface area contributed by atoms with Gasteiger partial charge in [-0.2, -0.15) is 0 Å². The average Bonchev–Trinajstić information content (AvgIpc) is 2.34. The Hall–Kier alpha value is -0.0400. The molecule has 0 saturated heterocycles. The molecule has 1 heteroatoms. The van der Waals surface area contributed by atoms with E-state index in [1.54, 1.807) is 0 Å². The zero-order chi connectivity index (χ0) is 9.68. The van der Waals surface area contributed by atoms with E-state index in [9.17, 15) is 5.11 Å². The molecule has 1 rings (SSSR count). The first-order valence-electron chi connectivity index (χ1n) is 5.97. The van der Waals surface area contributed by atoms with Crippen LogP contribution in [0.25, 0.3) is 0 Å². The van der Waals surface area contributed by atoms with Gasteiger partial charge in [0.2, 0.25) is 0 Å². The highest BCUT2D eigenvalue weighted by atomic mass is 16.3. The summed E-state index contributed by atoms with van der Waals surface area (Å²) in [6, 6.07) is 0. The summed E-state index contributed by atoms with van der Waals surface area (Å²) >= 11 is 0. The van der Waals surface area contributed by atoms with Crippen molar-refractivity contribution in [1.29, 1.82) is 0 Å². The zero-order valence-electron chi connectivity index (χ0n) is 9.13. The second-order valence-corrected chi connectivity index (χ2v) is 4.45. The van der Waals surface area contributed by atoms with Crippen LogP contribution in [-0.4, -0.2) is 11.2 Å². The summed E-state index contributed by atoms with van der Waals surface area (Å²) in [4.78, 5) is 0. The fourth-order valence-electron chi connectivity index (χ4n) is 2.76. The first-order chi connectivity index (χ1) is 6.29. The molecule has 2 unspecified atom stereocenters. The van der Waals surface area contributed by atoms with Gasteiger partial charge in [0, 0.05) is 0 Å². The predicted octanol–water partition coefficient (Wildman–Crippen LogP) is 3.36. The van der Waals surface area contributed by atoms with Crippen molar-refractivity contribution >= 4 is 0 Å². The summed E-state index contributed by atoms with van der Waals surface area (Å²) in [7, 11) is 0. The third kappa shape index (κ3) is 2.98. The van der Waals surface area contributed by atoms with Crippen LogP contribution in [0.1, 0.15) is 58.8 Å². The molecule has 1 N–H and O–H groups in total. The maximum absolute atomic E-state index is 9.98. The zero-order valence-corrected chi connectivity index (χ0v) is 9.13. The van der Waals surface area contributed by atoms with E-state index >= 15 is 0 Å². The Labute approximate surface area is 82.5 Å². The van der Waals surface area contributed by atoms with Gasteiger partial charge in [-0.25, -0.2) is 0 Å². The van der Waals surface area contributed by atoms with Gasteiger partial charge in [-0.15, -0.1) is 0 Å². The molecule has 0 heterocycles. The lowest BCUT2D eigenvalue weighted by molar-refractivity contribution is 0.0629. The second kappa shape index (κ2) is 5.64. The highest BCUT2D eigenvalue weighted by Gasteiger charge is 2.26. The van der Waals surface area contributed by atoms with Gasteiger partial charge in [-0.3, -0.25) is 0 Å². The van der Waals surface area contributed by atoms with E-state index in [1.807, 2.05) is 0 Å². The van der Waals surface area contributed by atoms with E-state index in [2.05, 4.69) is 13.8 Å². The number of aliphatic hydroxyl groups excluding tert-OH is 1. The summed E-state index contributed by atoms with van der Waals surface area (Å²) < 4.78 is 0. The molecule has 1 fully saturated rings. The molecule has 0 radical (unpaired) electrons. The molecule has 0 aromatic heterocycles. The molecule has 1 aliphatic rings. The minimum atomic E-state index is -0.00704. The van der Waals surface area contributed by atoms with Gasteiger partial charge in [-0.05, 0) is 24.7 Å². The van der Waals surface area contributed by atoms with Crippen molar-refractivity contribution in [2.75, 3.05) is 0 Å². The molecule has 0 aromatic rings. The van der Waals surface area contributed by atoms with Crippen molar-refractivity contribution in [3.8, 4) is 0 Å². The lowest BCUT2D eigenvalue weighted by Crippen LogP contribution is -2.26. The molecule has 0 aliphatic heterocycles. The van der Waals surface area contributed by atoms with Crippen molar-refractivity contribution in [1.82, 2.24) is 0 Å². The smallest absolute Gasteiger partial charge is 0.0571 e. The summed E-state index contributed by atoms with van der Waals surface area (Å²) in [5.41, 5.74) is 0. The topological polar surface area (TPSA) is 20.2 Å². The van der Waals surface area contributed by atoms with Crippen LogP contribution < -0.4 is 0 Å². The van der Waals surface area contributed by atoms with Crippen LogP contribution in [0.2, 0.25) is 0 Å². The summed E-state index contributed by atoms with van der Waals surface area (Å²) in [6.45, 7) is 4.51. The molecule has 0 aromatic carbocycles. The standard InChI is InChI=1S/C12H24O/c1-3-10(4-2)11-8-6-5-7-9-12(11)13/h10-13H,3-9H2,1-2H3. The van der Waals surface area contributed by atoms with Crippen molar-refractivity contribution in [3.05, 3.63) is 0 Å². The molecule has 1 nitrogen and oxygen atoms in total. The maximum Gasteiger partial charge on any atom is 0.0571 e. The molecule has 2 atom stereocenters. The van der Waals surface area contributed by atoms with Crippen LogP contribution in [0.4, 0.5) is 0 Å². The van der Waals surface area contributed by atoms with Gasteiger partial charge in [0.05, 0.1) is 6.10 Å². The normalized spacial score (nSPS) is 30.5. The van der Waals surface area contributed by atoms with Crippen LogP contribution in [0.15, 0.2) is 0 Å². The highest BCUT2D eigenvalue weighted by Crippen LogP contribution is 2.32. The van der Waals surface area contributed by atoms with E-state index < -0.39 is 0 Å². The predicted molar refractivity (Wildman–Crippen MR) is 56.7 cm³/mol. The monoisotopic (exact) mass is 184 g/mol. The van der Waals surface area contributed by atoms with Gasteiger partial charge in [0.25, 0.3) is 0 Å². The van der Waals surface area contributed by atoms with Gasteiger partial charge in [-0.1, -0.05) is 46.0 Å². The highest BCUT2D eigenvalue weighted by molar-refractivity contribution is 4.78. The lowest BCUT2D eigenvalue weighted by Gasteiger charge is -2.28. The molecular formula is C12H24O. The Balaban J connectivity index is 2.51. The van der Waals surface area contributed by atoms with Crippen molar-refractivity contribution in [2.45, 2.75) is 64.9 Å². The molecule has 1 aliphatic carbocycles. The minimum Gasteiger partial charge on any atom is -0.393 e. The van der Waals surface area contributed by atoms with Crippen LogP contribution in [0.5, 0.6) is 0 Å². The minimum absolute atomic E-state index is 0.00704. The largest absolute Gasteiger partial charge is 0.393 e. The fourth-order valence-corrected chi connectivity index (χ4v) is 2.76. The molecule has 13 heavy (non-hydrogen) atoms. The Morgan fingerprint density at radius 1 is 1.08 bits per heavy atom. The number of hydrogen-bond donors (Lipinski definition) is 1. The molecule has 0 amide bonds. The number of rotatable bonds is 3. The Kier molecular flexibility index (Phi) is 4.79. The maximum atomic E-state index is 9.98. The van der Waals surface area contributed by atoms with E-state index in [0.717, 1.165) is 12.3 Å². The quantitative estimate of drug-likeness (QED) is 0.667. The Bertz CT molecular complexity index is 129. The van der Waals surface area contributed by atoms with Crippen molar-refractivity contribution < 1.29 is 5.11 Å². The summed E-state index contributed by atoms with van der Waals surface area (Å²) in [5.74, 6) is 1.35. The molecule has 78 valence electrons. The van der Waals surface area contributed by atoms with Crippen LogP contribution in [-0.2, 0) is 0 Å². The van der Waals surface area contributed by atoms with Crippen LogP contribution in [0, 0.1) is 11.8 Å². The molecule has 1 saturated carbocycles. The van der Waals surface area contributed by atoms with Gasteiger partial charge in [0.15, 0.2) is 0 Å². The second-order valence-electron chi connectivity index (χ2n) is 4.45. The Morgan fingerprint density at radius 3 is 2.31 bits per heavy atom. The van der Waals surface area contributed by atoms with E-state index in [0.29, 0.717) is 5.92 Å². The summed E-state index contributed by atoms with van der Waals surface area (Å²) in [5, 5.41) is 9.98. The first-order valence-corrected chi connectivity index (χ1v) is 5.97.